The molecule has 0 bridgehead atoms. The van der Waals surface area contributed by atoms with Crippen LogP contribution in [0.5, 0.6) is 0 Å². The Morgan fingerprint density at radius 1 is 1.60 bits per heavy atom. The van der Waals surface area contributed by atoms with Gasteiger partial charge in [-0.3, -0.25) is 4.79 Å². The van der Waals surface area contributed by atoms with Gasteiger partial charge >= 0.3 is 5.97 Å². The molecule has 1 atom stereocenters. The SMILES string of the molecule is CCCC(C(=O)O)c1cc(F)ccc1Cl. The molecule has 0 amide bonds. The van der Waals surface area contributed by atoms with Crippen LogP contribution in [0.2, 0.25) is 5.02 Å². The van der Waals surface area contributed by atoms with Gasteiger partial charge in [-0.15, -0.1) is 0 Å². The number of aliphatic carboxylic acids is 1. The number of carboxylic acid groups (broad SMARTS) is 1. The lowest BCUT2D eigenvalue weighted by atomic mass is 9.94. The highest BCUT2D eigenvalue weighted by Gasteiger charge is 2.21. The summed E-state index contributed by atoms with van der Waals surface area (Å²) in [6.07, 6.45) is 1.17. The van der Waals surface area contributed by atoms with Crippen LogP contribution in [-0.4, -0.2) is 11.1 Å². The van der Waals surface area contributed by atoms with Crippen LogP contribution in [0, 0.1) is 5.82 Å². The summed E-state index contributed by atoms with van der Waals surface area (Å²) in [6, 6.07) is 3.80. The molecule has 4 heteroatoms. The first-order chi connectivity index (χ1) is 7.06. The maximum Gasteiger partial charge on any atom is 0.311 e. The van der Waals surface area contributed by atoms with E-state index in [1.54, 1.807) is 0 Å². The van der Waals surface area contributed by atoms with E-state index in [9.17, 15) is 9.18 Å². The Morgan fingerprint density at radius 3 is 2.80 bits per heavy atom. The fourth-order valence-electron chi connectivity index (χ4n) is 1.48. The Morgan fingerprint density at radius 2 is 2.27 bits per heavy atom. The van der Waals surface area contributed by atoms with Gasteiger partial charge in [0.1, 0.15) is 5.82 Å². The Kier molecular flexibility index (Phi) is 4.09. The summed E-state index contributed by atoms with van der Waals surface area (Å²) in [7, 11) is 0. The van der Waals surface area contributed by atoms with E-state index >= 15 is 0 Å². The highest BCUT2D eigenvalue weighted by atomic mass is 35.5. The Balaban J connectivity index is 3.09. The highest BCUT2D eigenvalue weighted by molar-refractivity contribution is 6.31. The molecule has 82 valence electrons. The number of hydrogen-bond acceptors (Lipinski definition) is 1. The minimum atomic E-state index is -0.968. The van der Waals surface area contributed by atoms with Crippen molar-refractivity contribution < 1.29 is 14.3 Å². The second kappa shape index (κ2) is 5.12. The Bertz CT molecular complexity index is 366. The predicted octanol–water partition coefficient (Wildman–Crippen LogP) is 3.45. The molecule has 2 nitrogen and oxygen atoms in total. The Hall–Kier alpha value is -1.09. The summed E-state index contributed by atoms with van der Waals surface area (Å²) in [5, 5.41) is 9.30. The number of hydrogen-bond donors (Lipinski definition) is 1. The number of rotatable bonds is 4. The zero-order valence-electron chi connectivity index (χ0n) is 8.34. The van der Waals surface area contributed by atoms with Crippen molar-refractivity contribution in [3.05, 3.63) is 34.6 Å². The van der Waals surface area contributed by atoms with Crippen molar-refractivity contribution in [2.24, 2.45) is 0 Å². The van der Waals surface area contributed by atoms with Crippen LogP contribution in [0.1, 0.15) is 31.2 Å². The third-order valence-electron chi connectivity index (χ3n) is 2.21. The van der Waals surface area contributed by atoms with Gasteiger partial charge < -0.3 is 5.11 Å². The predicted molar refractivity (Wildman–Crippen MR) is 56.7 cm³/mol. The van der Waals surface area contributed by atoms with Crippen molar-refractivity contribution in [3.8, 4) is 0 Å². The minimum Gasteiger partial charge on any atom is -0.481 e. The normalized spacial score (nSPS) is 12.5. The average molecular weight is 231 g/mol. The molecule has 1 unspecified atom stereocenters. The largest absolute Gasteiger partial charge is 0.481 e. The topological polar surface area (TPSA) is 37.3 Å². The summed E-state index contributed by atoms with van der Waals surface area (Å²) < 4.78 is 13.0. The number of halogens is 2. The molecule has 0 saturated heterocycles. The first-order valence-corrected chi connectivity index (χ1v) is 5.11. The zero-order chi connectivity index (χ0) is 11.4. The summed E-state index contributed by atoms with van der Waals surface area (Å²) in [4.78, 5) is 11.0. The fraction of sp³-hybridized carbons (Fsp3) is 0.364. The van der Waals surface area contributed by atoms with Crippen LogP contribution in [-0.2, 0) is 4.79 Å². The molecule has 0 aliphatic heterocycles. The van der Waals surface area contributed by atoms with Crippen molar-refractivity contribution >= 4 is 17.6 Å². The number of carboxylic acids is 1. The molecule has 1 rings (SSSR count). The van der Waals surface area contributed by atoms with Gasteiger partial charge in [0, 0.05) is 5.02 Å². The van der Waals surface area contributed by atoms with Crippen molar-refractivity contribution in [1.82, 2.24) is 0 Å². The molecule has 0 spiro atoms. The first kappa shape index (κ1) is 12.0. The molecule has 0 saturated carbocycles. The zero-order valence-corrected chi connectivity index (χ0v) is 9.09. The molecule has 1 N–H and O–H groups in total. The molecular weight excluding hydrogens is 219 g/mol. The van der Waals surface area contributed by atoms with Crippen LogP contribution in [0.15, 0.2) is 18.2 Å². The highest BCUT2D eigenvalue weighted by Crippen LogP contribution is 2.29. The van der Waals surface area contributed by atoms with Gasteiger partial charge in [-0.25, -0.2) is 4.39 Å². The van der Waals surface area contributed by atoms with Gasteiger partial charge in [0.05, 0.1) is 5.92 Å². The van der Waals surface area contributed by atoms with Crippen LogP contribution >= 0.6 is 11.6 Å². The molecule has 0 fully saturated rings. The number of carbonyl (C=O) groups is 1. The molecule has 0 heterocycles. The lowest BCUT2D eigenvalue weighted by Crippen LogP contribution is -2.12. The maximum absolute atomic E-state index is 13.0. The first-order valence-electron chi connectivity index (χ1n) is 4.74. The molecule has 1 aromatic carbocycles. The van der Waals surface area contributed by atoms with E-state index < -0.39 is 17.7 Å². The van der Waals surface area contributed by atoms with Crippen LogP contribution in [0.25, 0.3) is 0 Å². The second-order valence-electron chi connectivity index (χ2n) is 3.35. The van der Waals surface area contributed by atoms with Crippen LogP contribution < -0.4 is 0 Å². The van der Waals surface area contributed by atoms with Gasteiger partial charge in [0.15, 0.2) is 0 Å². The summed E-state index contributed by atoms with van der Waals surface area (Å²) >= 11 is 5.84. The van der Waals surface area contributed by atoms with Gasteiger partial charge in [0.25, 0.3) is 0 Å². The quantitative estimate of drug-likeness (QED) is 0.860. The standard InChI is InChI=1S/C11H12ClFO2/c1-2-3-8(11(14)15)9-6-7(13)4-5-10(9)12/h4-6,8H,2-3H2,1H3,(H,14,15). The van der Waals surface area contributed by atoms with Gasteiger partial charge in [-0.1, -0.05) is 24.9 Å². The van der Waals surface area contributed by atoms with E-state index in [2.05, 4.69) is 0 Å². The fourth-order valence-corrected chi connectivity index (χ4v) is 1.73. The maximum atomic E-state index is 13.0. The molecule has 0 radical (unpaired) electrons. The average Bonchev–Trinajstić information content (AvgIpc) is 2.18. The van der Waals surface area contributed by atoms with Crippen molar-refractivity contribution in [2.75, 3.05) is 0 Å². The molecule has 0 aliphatic rings. The van der Waals surface area contributed by atoms with E-state index in [1.807, 2.05) is 6.92 Å². The van der Waals surface area contributed by atoms with Gasteiger partial charge in [0.2, 0.25) is 0 Å². The van der Waals surface area contributed by atoms with Crippen LogP contribution in [0.4, 0.5) is 4.39 Å². The summed E-state index contributed by atoms with van der Waals surface area (Å²) in [6.45, 7) is 1.88. The van der Waals surface area contributed by atoms with Crippen molar-refractivity contribution in [1.29, 1.82) is 0 Å². The third kappa shape index (κ3) is 2.93. The molecule has 15 heavy (non-hydrogen) atoms. The summed E-state index contributed by atoms with van der Waals surface area (Å²) in [5.74, 6) is -2.15. The van der Waals surface area contributed by atoms with Gasteiger partial charge in [-0.2, -0.15) is 0 Å². The molecule has 0 aliphatic carbocycles. The lowest BCUT2D eigenvalue weighted by Gasteiger charge is -2.13. The minimum absolute atomic E-state index is 0.303. The van der Waals surface area contributed by atoms with E-state index in [4.69, 9.17) is 16.7 Å². The Labute approximate surface area is 92.7 Å². The van der Waals surface area contributed by atoms with Crippen LogP contribution in [0.3, 0.4) is 0 Å². The second-order valence-corrected chi connectivity index (χ2v) is 3.75. The molecular formula is C11H12ClFO2. The van der Waals surface area contributed by atoms with E-state index in [1.165, 1.54) is 18.2 Å². The monoisotopic (exact) mass is 230 g/mol. The van der Waals surface area contributed by atoms with E-state index in [0.717, 1.165) is 0 Å². The van der Waals surface area contributed by atoms with E-state index in [-0.39, 0.29) is 0 Å². The summed E-state index contributed by atoms with van der Waals surface area (Å²) in [5.41, 5.74) is 0.353. The smallest absolute Gasteiger partial charge is 0.311 e. The number of benzene rings is 1. The van der Waals surface area contributed by atoms with Gasteiger partial charge in [-0.05, 0) is 30.2 Å². The molecule has 0 aromatic heterocycles. The van der Waals surface area contributed by atoms with Crippen molar-refractivity contribution in [2.45, 2.75) is 25.7 Å². The third-order valence-corrected chi connectivity index (χ3v) is 2.55. The molecule has 1 aromatic rings. The van der Waals surface area contributed by atoms with E-state index in [0.29, 0.717) is 23.4 Å². The lowest BCUT2D eigenvalue weighted by molar-refractivity contribution is -0.139. The van der Waals surface area contributed by atoms with Crippen molar-refractivity contribution in [3.63, 3.8) is 0 Å².